The van der Waals surface area contributed by atoms with E-state index in [1.165, 1.54) is 17.5 Å². The van der Waals surface area contributed by atoms with Crippen molar-refractivity contribution >= 4 is 11.6 Å². The second-order valence-corrected chi connectivity index (χ2v) is 8.31. The maximum absolute atomic E-state index is 10.7. The Hall–Kier alpha value is -1.55. The fourth-order valence-corrected chi connectivity index (χ4v) is 4.33. The normalized spacial score (nSPS) is 24.1. The summed E-state index contributed by atoms with van der Waals surface area (Å²) in [6.07, 6.45) is 3.97. The summed E-state index contributed by atoms with van der Waals surface area (Å²) in [5.74, 6) is 0.912. The summed E-state index contributed by atoms with van der Waals surface area (Å²) in [5.41, 5.74) is 3.35. The zero-order chi connectivity index (χ0) is 18.1. The molecular formula is C22H26ClNO2. The van der Waals surface area contributed by atoms with Crippen molar-refractivity contribution < 1.29 is 9.84 Å². The molecule has 2 aliphatic rings. The highest BCUT2D eigenvalue weighted by Gasteiger charge is 2.37. The molecule has 0 bridgehead atoms. The number of rotatable bonds is 4. The molecule has 0 spiro atoms. The van der Waals surface area contributed by atoms with E-state index in [1.54, 1.807) is 0 Å². The molecule has 138 valence electrons. The molecule has 1 N–H and O–H groups in total. The van der Waals surface area contributed by atoms with Crippen LogP contribution in [0.15, 0.2) is 42.5 Å². The number of piperidine rings is 1. The van der Waals surface area contributed by atoms with Gasteiger partial charge in [0, 0.05) is 29.1 Å². The third-order valence-corrected chi connectivity index (χ3v) is 6.00. The van der Waals surface area contributed by atoms with Crippen molar-refractivity contribution in [1.82, 2.24) is 4.90 Å². The quantitative estimate of drug-likeness (QED) is 0.844. The van der Waals surface area contributed by atoms with Crippen LogP contribution in [0.4, 0.5) is 0 Å². The Bertz CT molecular complexity index is 770. The summed E-state index contributed by atoms with van der Waals surface area (Å²) in [7, 11) is 0. The minimum Gasteiger partial charge on any atom is -0.492 e. The maximum Gasteiger partial charge on any atom is 0.133 e. The first-order valence-corrected chi connectivity index (χ1v) is 9.87. The fraction of sp³-hybridized carbons (Fsp3) is 0.455. The van der Waals surface area contributed by atoms with Crippen LogP contribution in [0.3, 0.4) is 0 Å². The Morgan fingerprint density at radius 2 is 1.85 bits per heavy atom. The van der Waals surface area contributed by atoms with Gasteiger partial charge in [-0.2, -0.15) is 0 Å². The third kappa shape index (κ3) is 3.48. The summed E-state index contributed by atoms with van der Waals surface area (Å²) < 4.78 is 6.03. The number of likely N-dealkylation sites (tertiary alicyclic amines) is 1. The van der Waals surface area contributed by atoms with Crippen LogP contribution in [0.5, 0.6) is 5.75 Å². The molecule has 0 radical (unpaired) electrons. The smallest absolute Gasteiger partial charge is 0.133 e. The molecule has 2 aromatic carbocycles. The summed E-state index contributed by atoms with van der Waals surface area (Å²) >= 11 is 6.00. The molecule has 2 heterocycles. The highest BCUT2D eigenvalue weighted by atomic mass is 35.5. The Labute approximate surface area is 160 Å². The van der Waals surface area contributed by atoms with E-state index in [0.29, 0.717) is 6.61 Å². The van der Waals surface area contributed by atoms with Crippen molar-refractivity contribution in [2.45, 2.75) is 44.2 Å². The minimum absolute atomic E-state index is 0.0578. The first-order valence-electron chi connectivity index (χ1n) is 9.49. The number of aliphatic hydroxyl groups is 1. The van der Waals surface area contributed by atoms with E-state index in [0.717, 1.165) is 48.7 Å². The number of hydrogen-bond acceptors (Lipinski definition) is 3. The lowest BCUT2D eigenvalue weighted by atomic mass is 9.79. The van der Waals surface area contributed by atoms with Crippen LogP contribution in [0.25, 0.3) is 0 Å². The van der Waals surface area contributed by atoms with Crippen LogP contribution in [0.2, 0.25) is 5.02 Å². The summed E-state index contributed by atoms with van der Waals surface area (Å²) in [4.78, 5) is 2.16. The number of benzene rings is 2. The number of nitrogens with zero attached hydrogens (tertiary/aromatic N) is 1. The lowest BCUT2D eigenvalue weighted by Gasteiger charge is -2.31. The molecule has 0 aromatic heterocycles. The zero-order valence-corrected chi connectivity index (χ0v) is 16.0. The molecule has 0 saturated carbocycles. The van der Waals surface area contributed by atoms with Crippen LogP contribution in [0.1, 0.15) is 49.1 Å². The first-order chi connectivity index (χ1) is 12.5. The predicted molar refractivity (Wildman–Crippen MR) is 105 cm³/mol. The molecule has 2 atom stereocenters. The van der Waals surface area contributed by atoms with Gasteiger partial charge < -0.3 is 9.84 Å². The van der Waals surface area contributed by atoms with Gasteiger partial charge in [0.15, 0.2) is 0 Å². The van der Waals surface area contributed by atoms with E-state index < -0.39 is 6.23 Å². The van der Waals surface area contributed by atoms with Gasteiger partial charge in [-0.25, -0.2) is 0 Å². The van der Waals surface area contributed by atoms with Crippen molar-refractivity contribution in [3.63, 3.8) is 0 Å². The average Bonchev–Trinajstić information content (AvgIpc) is 3.00. The second kappa shape index (κ2) is 7.22. The Morgan fingerprint density at radius 1 is 1.12 bits per heavy atom. The first kappa shape index (κ1) is 17.8. The molecule has 0 amide bonds. The number of hydrogen-bond donors (Lipinski definition) is 1. The lowest BCUT2D eigenvalue weighted by molar-refractivity contribution is -0.00993. The van der Waals surface area contributed by atoms with E-state index in [1.807, 2.05) is 18.2 Å². The molecule has 4 heteroatoms. The summed E-state index contributed by atoms with van der Waals surface area (Å²) in [6, 6.07) is 14.3. The van der Waals surface area contributed by atoms with Gasteiger partial charge in [-0.05, 0) is 48.6 Å². The Kier molecular flexibility index (Phi) is 4.96. The van der Waals surface area contributed by atoms with E-state index in [4.69, 9.17) is 16.3 Å². The molecule has 2 aromatic rings. The number of fused-ring (bicyclic) bond motifs is 1. The van der Waals surface area contributed by atoms with E-state index in [2.05, 4.69) is 36.1 Å². The van der Waals surface area contributed by atoms with Crippen LogP contribution < -0.4 is 4.74 Å². The standard InChI is InChI=1S/C22H26ClNO2/c1-22(14-16-5-8-18(23)9-6-16)15-26-20-13-17(7-10-19(20)22)21(25)24-11-3-2-4-12-24/h5-10,13,21,25H,2-4,11-12,14-15H2,1H3. The molecule has 2 aliphatic heterocycles. The minimum atomic E-state index is -0.535. The van der Waals surface area contributed by atoms with Crippen molar-refractivity contribution in [2.75, 3.05) is 19.7 Å². The topological polar surface area (TPSA) is 32.7 Å². The monoisotopic (exact) mass is 371 g/mol. The molecule has 1 saturated heterocycles. The van der Waals surface area contributed by atoms with Crippen LogP contribution in [0, 0.1) is 0 Å². The van der Waals surface area contributed by atoms with Crippen LogP contribution >= 0.6 is 11.6 Å². The molecule has 3 nitrogen and oxygen atoms in total. The third-order valence-electron chi connectivity index (χ3n) is 5.74. The van der Waals surface area contributed by atoms with Crippen molar-refractivity contribution in [3.05, 3.63) is 64.2 Å². The van der Waals surface area contributed by atoms with E-state index in [-0.39, 0.29) is 5.41 Å². The van der Waals surface area contributed by atoms with Crippen molar-refractivity contribution in [1.29, 1.82) is 0 Å². The van der Waals surface area contributed by atoms with Gasteiger partial charge in [-0.3, -0.25) is 4.90 Å². The SMILES string of the molecule is CC1(Cc2ccc(Cl)cc2)COc2cc(C(O)N3CCCCC3)ccc21. The number of ether oxygens (including phenoxy) is 1. The highest BCUT2D eigenvalue weighted by molar-refractivity contribution is 6.30. The van der Waals surface area contributed by atoms with Gasteiger partial charge in [0.25, 0.3) is 0 Å². The van der Waals surface area contributed by atoms with Gasteiger partial charge in [-0.15, -0.1) is 0 Å². The van der Waals surface area contributed by atoms with Gasteiger partial charge in [-0.1, -0.05) is 49.2 Å². The zero-order valence-electron chi connectivity index (χ0n) is 15.2. The van der Waals surface area contributed by atoms with Gasteiger partial charge in [0.05, 0.1) is 6.61 Å². The second-order valence-electron chi connectivity index (χ2n) is 7.88. The van der Waals surface area contributed by atoms with Crippen molar-refractivity contribution in [3.8, 4) is 5.75 Å². The predicted octanol–water partition coefficient (Wildman–Crippen LogP) is 4.71. The summed E-state index contributed by atoms with van der Waals surface area (Å²) in [5, 5.41) is 11.5. The Morgan fingerprint density at radius 3 is 2.58 bits per heavy atom. The largest absolute Gasteiger partial charge is 0.492 e. The molecule has 4 rings (SSSR count). The summed E-state index contributed by atoms with van der Waals surface area (Å²) in [6.45, 7) is 4.84. The van der Waals surface area contributed by atoms with Crippen LogP contribution in [-0.4, -0.2) is 29.7 Å². The molecule has 0 aliphatic carbocycles. The number of halogens is 1. The molecular weight excluding hydrogens is 346 g/mol. The van der Waals surface area contributed by atoms with Gasteiger partial charge >= 0.3 is 0 Å². The van der Waals surface area contributed by atoms with Gasteiger partial charge in [0.2, 0.25) is 0 Å². The fourth-order valence-electron chi connectivity index (χ4n) is 4.21. The van der Waals surface area contributed by atoms with E-state index in [9.17, 15) is 5.11 Å². The Balaban J connectivity index is 1.54. The molecule has 26 heavy (non-hydrogen) atoms. The lowest BCUT2D eigenvalue weighted by Crippen LogP contribution is -2.33. The van der Waals surface area contributed by atoms with Crippen molar-refractivity contribution in [2.24, 2.45) is 0 Å². The van der Waals surface area contributed by atoms with E-state index >= 15 is 0 Å². The molecule has 1 fully saturated rings. The maximum atomic E-state index is 10.7. The highest BCUT2D eigenvalue weighted by Crippen LogP contribution is 2.42. The number of aliphatic hydroxyl groups excluding tert-OH is 1. The van der Waals surface area contributed by atoms with Crippen LogP contribution in [-0.2, 0) is 11.8 Å². The molecule has 2 unspecified atom stereocenters. The average molecular weight is 372 g/mol. The van der Waals surface area contributed by atoms with Gasteiger partial charge in [0.1, 0.15) is 12.0 Å².